The summed E-state index contributed by atoms with van der Waals surface area (Å²) >= 11 is 3.49. The monoisotopic (exact) mass is 252 g/mol. The van der Waals surface area contributed by atoms with E-state index in [1.165, 1.54) is 0 Å². The lowest BCUT2D eigenvalue weighted by Gasteiger charge is -2.36. The molecule has 0 rings (SSSR count). The van der Waals surface area contributed by atoms with E-state index in [2.05, 4.69) is 56.7 Å². The first-order valence-electron chi connectivity index (χ1n) is 4.45. The van der Waals surface area contributed by atoms with Crippen molar-refractivity contribution in [1.29, 1.82) is 0 Å². The quantitative estimate of drug-likeness (QED) is 0.549. The van der Waals surface area contributed by atoms with Crippen molar-refractivity contribution in [2.75, 3.05) is 6.61 Å². The Morgan fingerprint density at radius 3 is 2.00 bits per heavy atom. The Kier molecular flexibility index (Phi) is 4.48. The van der Waals surface area contributed by atoms with E-state index in [-0.39, 0.29) is 0 Å². The molecule has 1 nitrogen and oxygen atoms in total. The Balaban J connectivity index is 4.05. The number of rotatable bonds is 3. The van der Waals surface area contributed by atoms with Gasteiger partial charge in [0, 0.05) is 11.4 Å². The second-order valence-electron chi connectivity index (χ2n) is 4.85. The molecule has 0 aliphatic carbocycles. The molecule has 1 atom stereocenters. The van der Waals surface area contributed by atoms with Crippen LogP contribution in [0, 0.1) is 0 Å². The van der Waals surface area contributed by atoms with Crippen molar-refractivity contribution in [3.05, 3.63) is 0 Å². The molecule has 0 amide bonds. The fourth-order valence-corrected chi connectivity index (χ4v) is 2.02. The van der Waals surface area contributed by atoms with Crippen LogP contribution in [-0.4, -0.2) is 19.8 Å². The number of halogens is 1. The van der Waals surface area contributed by atoms with Crippen molar-refractivity contribution in [3.8, 4) is 0 Å². The molecule has 74 valence electrons. The lowest BCUT2D eigenvalue weighted by Crippen LogP contribution is -2.41. The van der Waals surface area contributed by atoms with Crippen molar-refractivity contribution in [1.82, 2.24) is 0 Å². The van der Waals surface area contributed by atoms with E-state index in [0.29, 0.717) is 9.87 Å². The maximum atomic E-state index is 5.95. The molecule has 0 fully saturated rings. The van der Waals surface area contributed by atoms with Gasteiger partial charge in [0.15, 0.2) is 8.32 Å². The largest absolute Gasteiger partial charge is 0.416 e. The van der Waals surface area contributed by atoms with E-state index in [1.807, 2.05) is 0 Å². The molecule has 0 saturated heterocycles. The van der Waals surface area contributed by atoms with Gasteiger partial charge in [-0.1, -0.05) is 43.6 Å². The van der Waals surface area contributed by atoms with Crippen LogP contribution in [0.25, 0.3) is 0 Å². The van der Waals surface area contributed by atoms with Crippen LogP contribution in [0.1, 0.15) is 27.7 Å². The summed E-state index contributed by atoms with van der Waals surface area (Å²) in [4.78, 5) is 0.464. The Bertz CT molecular complexity index is 138. The minimum atomic E-state index is -1.50. The molecule has 0 aliphatic rings. The highest BCUT2D eigenvalue weighted by Crippen LogP contribution is 2.36. The van der Waals surface area contributed by atoms with E-state index < -0.39 is 8.32 Å². The van der Waals surface area contributed by atoms with E-state index in [1.54, 1.807) is 0 Å². The van der Waals surface area contributed by atoms with E-state index in [9.17, 15) is 0 Å². The van der Waals surface area contributed by atoms with Crippen LogP contribution in [0.2, 0.25) is 18.1 Å². The van der Waals surface area contributed by atoms with Crippen LogP contribution >= 0.6 is 15.9 Å². The zero-order valence-corrected chi connectivity index (χ0v) is 11.7. The third-order valence-electron chi connectivity index (χ3n) is 2.48. The summed E-state index contributed by atoms with van der Waals surface area (Å²) in [7, 11) is -1.50. The van der Waals surface area contributed by atoms with Gasteiger partial charge in [-0.3, -0.25) is 0 Å². The molecule has 0 bridgehead atoms. The van der Waals surface area contributed by atoms with E-state index in [0.717, 1.165) is 6.61 Å². The van der Waals surface area contributed by atoms with Crippen LogP contribution in [0.15, 0.2) is 0 Å². The van der Waals surface area contributed by atoms with Crippen LogP contribution in [0.5, 0.6) is 0 Å². The summed E-state index contributed by atoms with van der Waals surface area (Å²) in [5, 5.41) is 0.328. The molecule has 0 saturated carbocycles. The van der Waals surface area contributed by atoms with Gasteiger partial charge >= 0.3 is 0 Å². The summed E-state index contributed by atoms with van der Waals surface area (Å²) in [5.74, 6) is 0. The molecule has 0 spiro atoms. The van der Waals surface area contributed by atoms with Crippen LogP contribution in [0.3, 0.4) is 0 Å². The molecule has 1 unspecified atom stereocenters. The molecule has 0 aromatic rings. The Hall–Kier alpha value is 0.657. The molecule has 0 aromatic heterocycles. The fourth-order valence-electron chi connectivity index (χ4n) is 0.540. The lowest BCUT2D eigenvalue weighted by molar-refractivity contribution is 0.294. The van der Waals surface area contributed by atoms with Gasteiger partial charge in [-0.25, -0.2) is 0 Å². The van der Waals surface area contributed by atoms with Crippen molar-refractivity contribution in [2.24, 2.45) is 0 Å². The first kappa shape index (κ1) is 12.7. The summed E-state index contributed by atoms with van der Waals surface area (Å²) in [6, 6.07) is 0. The van der Waals surface area contributed by atoms with Gasteiger partial charge in [-0.05, 0) is 18.1 Å². The molecule has 0 aliphatic heterocycles. The summed E-state index contributed by atoms with van der Waals surface area (Å²) < 4.78 is 5.95. The Morgan fingerprint density at radius 2 is 1.75 bits per heavy atom. The van der Waals surface area contributed by atoms with E-state index in [4.69, 9.17) is 4.43 Å². The lowest BCUT2D eigenvalue weighted by atomic mass is 10.2. The molecule has 0 N–H and O–H groups in total. The fraction of sp³-hybridized carbons (Fsp3) is 1.00. The summed E-state index contributed by atoms with van der Waals surface area (Å²) in [6.07, 6.45) is 0. The minimum absolute atomic E-state index is 0.328. The molecule has 0 radical (unpaired) electrons. The molecule has 0 aromatic carbocycles. The zero-order chi connectivity index (χ0) is 9.99. The first-order chi connectivity index (χ1) is 5.17. The molecule has 0 heterocycles. The maximum Gasteiger partial charge on any atom is 0.192 e. The number of hydrogen-bond donors (Lipinski definition) is 0. The third kappa shape index (κ3) is 4.05. The number of hydrogen-bond acceptors (Lipinski definition) is 1. The highest BCUT2D eigenvalue weighted by atomic mass is 79.9. The Morgan fingerprint density at radius 1 is 1.33 bits per heavy atom. The van der Waals surface area contributed by atoms with Crippen LogP contribution in [-0.2, 0) is 4.43 Å². The Labute approximate surface area is 86.1 Å². The predicted octanol–water partition coefficient (Wildman–Crippen LogP) is 3.79. The van der Waals surface area contributed by atoms with E-state index >= 15 is 0 Å². The molecule has 3 heteroatoms. The highest BCUT2D eigenvalue weighted by molar-refractivity contribution is 9.09. The van der Waals surface area contributed by atoms with Crippen molar-refractivity contribution < 1.29 is 4.43 Å². The van der Waals surface area contributed by atoms with Crippen molar-refractivity contribution in [3.63, 3.8) is 0 Å². The van der Waals surface area contributed by atoms with Crippen LogP contribution in [0.4, 0.5) is 0 Å². The van der Waals surface area contributed by atoms with Gasteiger partial charge in [-0.2, -0.15) is 0 Å². The SMILES string of the molecule is CC(Br)CO[Si](C)(C)C(C)(C)C. The maximum absolute atomic E-state index is 5.95. The third-order valence-corrected chi connectivity index (χ3v) is 7.25. The average Bonchev–Trinajstić information content (AvgIpc) is 1.81. The van der Waals surface area contributed by atoms with Gasteiger partial charge < -0.3 is 4.43 Å². The zero-order valence-electron chi connectivity index (χ0n) is 9.07. The summed E-state index contributed by atoms with van der Waals surface area (Å²) in [5.41, 5.74) is 0. The normalized spacial score (nSPS) is 16.2. The molecular formula is C9H21BrOSi. The standard InChI is InChI=1S/C9H21BrOSi/c1-8(10)7-11-12(5,6)9(2,3)4/h8H,7H2,1-6H3. The highest BCUT2D eigenvalue weighted by Gasteiger charge is 2.37. The average molecular weight is 253 g/mol. The number of alkyl halides is 1. The predicted molar refractivity (Wildman–Crippen MR) is 61.5 cm³/mol. The summed E-state index contributed by atoms with van der Waals surface area (Å²) in [6.45, 7) is 14.3. The second-order valence-corrected chi connectivity index (χ2v) is 11.2. The van der Waals surface area contributed by atoms with Gasteiger partial charge in [0.1, 0.15) is 0 Å². The van der Waals surface area contributed by atoms with Gasteiger partial charge in [0.2, 0.25) is 0 Å². The van der Waals surface area contributed by atoms with Crippen LogP contribution < -0.4 is 0 Å². The smallest absolute Gasteiger partial charge is 0.192 e. The van der Waals surface area contributed by atoms with Gasteiger partial charge in [0.05, 0.1) is 0 Å². The topological polar surface area (TPSA) is 9.23 Å². The van der Waals surface area contributed by atoms with Crippen molar-refractivity contribution in [2.45, 2.75) is 50.7 Å². The van der Waals surface area contributed by atoms with Crippen molar-refractivity contribution >= 4 is 24.2 Å². The molecule has 12 heavy (non-hydrogen) atoms. The minimum Gasteiger partial charge on any atom is -0.416 e. The van der Waals surface area contributed by atoms with Gasteiger partial charge in [-0.15, -0.1) is 0 Å². The second kappa shape index (κ2) is 4.25. The van der Waals surface area contributed by atoms with Gasteiger partial charge in [0.25, 0.3) is 0 Å². The first-order valence-corrected chi connectivity index (χ1v) is 8.27. The molecular weight excluding hydrogens is 232 g/mol.